The van der Waals surface area contributed by atoms with Gasteiger partial charge in [-0.05, 0) is 32.4 Å². The van der Waals surface area contributed by atoms with E-state index < -0.39 is 0 Å². The van der Waals surface area contributed by atoms with Crippen LogP contribution in [0, 0.1) is 0 Å². The number of para-hydroxylation sites is 1. The van der Waals surface area contributed by atoms with Gasteiger partial charge in [0.2, 0.25) is 0 Å². The first-order valence-corrected chi connectivity index (χ1v) is 7.76. The number of aryl methyl sites for hydroxylation is 1. The monoisotopic (exact) mass is 272 g/mol. The normalized spacial score (nSPS) is 19.1. The van der Waals surface area contributed by atoms with Crippen molar-refractivity contribution in [3.8, 4) is 0 Å². The van der Waals surface area contributed by atoms with Crippen LogP contribution in [0.3, 0.4) is 0 Å². The van der Waals surface area contributed by atoms with Gasteiger partial charge in [-0.2, -0.15) is 0 Å². The van der Waals surface area contributed by atoms with Gasteiger partial charge in [-0.25, -0.2) is 0 Å². The summed E-state index contributed by atoms with van der Waals surface area (Å²) in [5.74, 6) is 1.16. The lowest BCUT2D eigenvalue weighted by Gasteiger charge is -2.26. The molecular weight excluding hydrogens is 248 g/mol. The molecule has 3 heteroatoms. The highest BCUT2D eigenvalue weighted by Gasteiger charge is 2.23. The first kappa shape index (κ1) is 13.7. The van der Waals surface area contributed by atoms with Gasteiger partial charge in [0.05, 0.1) is 6.04 Å². The quantitative estimate of drug-likeness (QED) is 0.929. The predicted molar refractivity (Wildman–Crippen MR) is 83.1 cm³/mol. The summed E-state index contributed by atoms with van der Waals surface area (Å²) in [7, 11) is 0. The Bertz CT molecular complexity index is 567. The molecule has 0 spiro atoms. The van der Waals surface area contributed by atoms with Crippen LogP contribution in [-0.2, 0) is 6.42 Å². The third-order valence-electron chi connectivity index (χ3n) is 4.38. The van der Waals surface area contributed by atoms with E-state index in [1.165, 1.54) is 17.4 Å². The Morgan fingerprint density at radius 3 is 2.95 bits per heavy atom. The average Bonchev–Trinajstić information content (AvgIpc) is 2.65. The Morgan fingerprint density at radius 2 is 2.10 bits per heavy atom. The molecule has 1 aliphatic heterocycles. The molecule has 1 saturated heterocycles. The van der Waals surface area contributed by atoms with Gasteiger partial charge in [-0.3, -0.25) is 4.90 Å². The second-order valence-electron chi connectivity index (χ2n) is 5.61. The van der Waals surface area contributed by atoms with Gasteiger partial charge in [0.1, 0.15) is 11.3 Å². The molecule has 1 aromatic carbocycles. The van der Waals surface area contributed by atoms with E-state index in [1.54, 1.807) is 0 Å². The maximum Gasteiger partial charge on any atom is 0.134 e. The van der Waals surface area contributed by atoms with Crippen LogP contribution in [-0.4, -0.2) is 31.1 Å². The maximum absolute atomic E-state index is 6.18. The van der Waals surface area contributed by atoms with E-state index in [0.29, 0.717) is 6.04 Å². The number of nitrogens with zero attached hydrogens (tertiary/aromatic N) is 1. The molecule has 108 valence electrons. The largest absolute Gasteiger partial charge is 0.459 e. The van der Waals surface area contributed by atoms with Crippen LogP contribution >= 0.6 is 0 Å². The highest BCUT2D eigenvalue weighted by Crippen LogP contribution is 2.33. The molecular formula is C17H24N2O. The molecule has 1 aromatic heterocycles. The van der Waals surface area contributed by atoms with Gasteiger partial charge in [0.25, 0.3) is 0 Å². The fraction of sp³-hybridized carbons (Fsp3) is 0.529. The molecule has 1 aliphatic rings. The number of hydrogen-bond donors (Lipinski definition) is 1. The highest BCUT2D eigenvalue weighted by atomic mass is 16.3. The molecule has 0 amide bonds. The first-order valence-electron chi connectivity index (χ1n) is 7.76. The lowest BCUT2D eigenvalue weighted by Crippen LogP contribution is -2.31. The van der Waals surface area contributed by atoms with Gasteiger partial charge in [-0.15, -0.1) is 0 Å². The second kappa shape index (κ2) is 5.98. The van der Waals surface area contributed by atoms with Gasteiger partial charge in [0.15, 0.2) is 0 Å². The summed E-state index contributed by atoms with van der Waals surface area (Å²) in [4.78, 5) is 2.54. The van der Waals surface area contributed by atoms with Gasteiger partial charge >= 0.3 is 0 Å². The van der Waals surface area contributed by atoms with Crippen LogP contribution in [0.5, 0.6) is 0 Å². The second-order valence-corrected chi connectivity index (χ2v) is 5.61. The molecule has 1 N–H and O–H groups in total. The highest BCUT2D eigenvalue weighted by molar-refractivity contribution is 5.82. The number of nitrogens with one attached hydrogen (secondary N) is 1. The zero-order valence-electron chi connectivity index (χ0n) is 12.5. The van der Waals surface area contributed by atoms with E-state index in [4.69, 9.17) is 4.42 Å². The van der Waals surface area contributed by atoms with Crippen molar-refractivity contribution in [2.24, 2.45) is 0 Å². The van der Waals surface area contributed by atoms with E-state index in [-0.39, 0.29) is 0 Å². The van der Waals surface area contributed by atoms with Crippen molar-refractivity contribution in [1.29, 1.82) is 0 Å². The molecule has 1 atom stereocenters. The zero-order chi connectivity index (χ0) is 13.9. The van der Waals surface area contributed by atoms with Crippen molar-refractivity contribution in [3.05, 3.63) is 35.6 Å². The molecule has 3 nitrogen and oxygen atoms in total. The van der Waals surface area contributed by atoms with Crippen molar-refractivity contribution < 1.29 is 4.42 Å². The molecule has 1 fully saturated rings. The summed E-state index contributed by atoms with van der Waals surface area (Å²) in [5.41, 5.74) is 2.41. The fourth-order valence-corrected chi connectivity index (χ4v) is 3.24. The molecule has 3 rings (SSSR count). The Kier molecular flexibility index (Phi) is 4.08. The number of furan rings is 1. The Balaban J connectivity index is 1.95. The van der Waals surface area contributed by atoms with E-state index >= 15 is 0 Å². The van der Waals surface area contributed by atoms with E-state index in [9.17, 15) is 0 Å². The third-order valence-corrected chi connectivity index (χ3v) is 4.38. The van der Waals surface area contributed by atoms with Gasteiger partial charge < -0.3 is 9.73 Å². The minimum atomic E-state index is 0.359. The van der Waals surface area contributed by atoms with Gasteiger partial charge in [-0.1, -0.05) is 25.1 Å². The topological polar surface area (TPSA) is 28.4 Å². The maximum atomic E-state index is 6.18. The van der Waals surface area contributed by atoms with Crippen LogP contribution in [0.25, 0.3) is 11.0 Å². The SMILES string of the molecule is CCc1c(C(C)N2CCCNCC2)oc2ccccc12. The van der Waals surface area contributed by atoms with Crippen LogP contribution < -0.4 is 5.32 Å². The molecule has 0 bridgehead atoms. The lowest BCUT2D eigenvalue weighted by molar-refractivity contribution is 0.201. The molecule has 20 heavy (non-hydrogen) atoms. The Labute approximate surface area is 120 Å². The molecule has 0 aliphatic carbocycles. The minimum absolute atomic E-state index is 0.359. The van der Waals surface area contributed by atoms with E-state index in [1.807, 2.05) is 0 Å². The number of rotatable bonds is 3. The minimum Gasteiger partial charge on any atom is -0.459 e. The zero-order valence-corrected chi connectivity index (χ0v) is 12.5. The van der Waals surface area contributed by atoms with Crippen LogP contribution in [0.15, 0.2) is 28.7 Å². The summed E-state index contributed by atoms with van der Waals surface area (Å²) in [6, 6.07) is 8.76. The number of fused-ring (bicyclic) bond motifs is 1. The van der Waals surface area contributed by atoms with Crippen LogP contribution in [0.1, 0.15) is 37.6 Å². The summed E-state index contributed by atoms with van der Waals surface area (Å²) >= 11 is 0. The average molecular weight is 272 g/mol. The molecule has 0 radical (unpaired) electrons. The van der Waals surface area contributed by atoms with Crippen molar-refractivity contribution in [2.45, 2.75) is 32.7 Å². The van der Waals surface area contributed by atoms with Crippen molar-refractivity contribution in [2.75, 3.05) is 26.2 Å². The van der Waals surface area contributed by atoms with Crippen molar-refractivity contribution in [3.63, 3.8) is 0 Å². The van der Waals surface area contributed by atoms with E-state index in [2.05, 4.69) is 48.3 Å². The number of benzene rings is 1. The van der Waals surface area contributed by atoms with E-state index in [0.717, 1.165) is 43.9 Å². The Hall–Kier alpha value is -1.32. The fourth-order valence-electron chi connectivity index (χ4n) is 3.24. The smallest absolute Gasteiger partial charge is 0.134 e. The summed E-state index contributed by atoms with van der Waals surface area (Å²) in [6.07, 6.45) is 2.24. The summed E-state index contributed by atoms with van der Waals surface area (Å²) in [6.45, 7) is 8.95. The lowest BCUT2D eigenvalue weighted by atomic mass is 10.0. The van der Waals surface area contributed by atoms with Crippen LogP contribution in [0.4, 0.5) is 0 Å². The molecule has 2 aromatic rings. The molecule has 2 heterocycles. The number of hydrogen-bond acceptors (Lipinski definition) is 3. The third kappa shape index (κ3) is 2.48. The first-order chi connectivity index (χ1) is 9.81. The molecule has 1 unspecified atom stereocenters. The van der Waals surface area contributed by atoms with Gasteiger partial charge in [0, 0.05) is 30.6 Å². The van der Waals surface area contributed by atoms with Crippen LogP contribution in [0.2, 0.25) is 0 Å². The Morgan fingerprint density at radius 1 is 1.25 bits per heavy atom. The van der Waals surface area contributed by atoms with Crippen molar-refractivity contribution in [1.82, 2.24) is 10.2 Å². The van der Waals surface area contributed by atoms with Crippen molar-refractivity contribution >= 4 is 11.0 Å². The summed E-state index contributed by atoms with van der Waals surface area (Å²) < 4.78 is 6.18. The standard InChI is InChI=1S/C17H24N2O/c1-3-14-15-7-4-5-8-16(15)20-17(14)13(2)19-11-6-9-18-10-12-19/h4-5,7-8,13,18H,3,6,9-12H2,1-2H3. The molecule has 0 saturated carbocycles. The predicted octanol–water partition coefficient (Wildman–Crippen LogP) is 3.35. The summed E-state index contributed by atoms with van der Waals surface area (Å²) in [5, 5.41) is 4.75.